The van der Waals surface area contributed by atoms with Crippen molar-refractivity contribution in [2.75, 3.05) is 52.5 Å². The Morgan fingerprint density at radius 2 is 1.52 bits per heavy atom. The van der Waals surface area contributed by atoms with Gasteiger partial charge in [0.2, 0.25) is 0 Å². The fourth-order valence-electron chi connectivity index (χ4n) is 3.79. The number of morpholine rings is 2. The third-order valence-corrected chi connectivity index (χ3v) is 4.92. The van der Waals surface area contributed by atoms with Crippen LogP contribution in [0.15, 0.2) is 24.3 Å². The van der Waals surface area contributed by atoms with E-state index in [0.717, 1.165) is 39.4 Å². The Hall–Kier alpha value is -0.940. The zero-order valence-electron chi connectivity index (χ0n) is 12.5. The molecule has 2 bridgehead atoms. The van der Waals surface area contributed by atoms with Crippen LogP contribution < -0.4 is 0 Å². The van der Waals surface area contributed by atoms with Crippen LogP contribution in [-0.4, -0.2) is 62.3 Å². The lowest BCUT2D eigenvalue weighted by molar-refractivity contribution is -0.0686. The van der Waals surface area contributed by atoms with Crippen LogP contribution in [0.1, 0.15) is 29.8 Å². The van der Waals surface area contributed by atoms with E-state index in [1.807, 2.05) is 0 Å². The molecule has 4 rings (SSSR count). The van der Waals surface area contributed by atoms with E-state index < -0.39 is 0 Å². The molecular formula is C17H24N2O2. The lowest BCUT2D eigenvalue weighted by Gasteiger charge is -2.33. The predicted octanol–water partition coefficient (Wildman–Crippen LogP) is 1.84. The minimum atomic E-state index is 0.295. The summed E-state index contributed by atoms with van der Waals surface area (Å²) in [5, 5.41) is 0. The Balaban J connectivity index is 1.29. The van der Waals surface area contributed by atoms with Gasteiger partial charge in [0, 0.05) is 26.2 Å². The fourth-order valence-corrected chi connectivity index (χ4v) is 3.79. The van der Waals surface area contributed by atoms with Crippen molar-refractivity contribution in [1.82, 2.24) is 9.80 Å². The zero-order chi connectivity index (χ0) is 14.1. The van der Waals surface area contributed by atoms with Gasteiger partial charge in [-0.1, -0.05) is 24.3 Å². The topological polar surface area (TPSA) is 24.9 Å². The summed E-state index contributed by atoms with van der Waals surface area (Å²) in [6.07, 6.45) is 1.84. The van der Waals surface area contributed by atoms with Crippen molar-refractivity contribution in [3.8, 4) is 0 Å². The summed E-state index contributed by atoms with van der Waals surface area (Å²) >= 11 is 0. The number of benzene rings is 1. The molecule has 21 heavy (non-hydrogen) atoms. The molecule has 0 amide bonds. The van der Waals surface area contributed by atoms with Crippen molar-refractivity contribution in [3.63, 3.8) is 0 Å². The van der Waals surface area contributed by atoms with Crippen molar-refractivity contribution in [3.05, 3.63) is 35.4 Å². The number of rotatable bonds is 4. The summed E-state index contributed by atoms with van der Waals surface area (Å²) < 4.78 is 11.5. The number of hydrogen-bond donors (Lipinski definition) is 0. The molecule has 0 N–H and O–H groups in total. The van der Waals surface area contributed by atoms with Crippen molar-refractivity contribution in [1.29, 1.82) is 0 Å². The van der Waals surface area contributed by atoms with Gasteiger partial charge in [-0.25, -0.2) is 0 Å². The van der Waals surface area contributed by atoms with Gasteiger partial charge in [-0.3, -0.25) is 9.80 Å². The molecule has 3 aliphatic rings. The standard InChI is InChI=1S/C17H24N2O2/c1-2-5-15-14(4-1)16-12-19(13-17(15)21-16)7-3-6-18-8-10-20-11-9-18/h1-2,4-5,16-17H,3,6-13H2. The van der Waals surface area contributed by atoms with Gasteiger partial charge in [-0.2, -0.15) is 0 Å². The summed E-state index contributed by atoms with van der Waals surface area (Å²) in [4.78, 5) is 5.10. The first-order valence-electron chi connectivity index (χ1n) is 8.17. The van der Waals surface area contributed by atoms with Crippen LogP contribution in [0.3, 0.4) is 0 Å². The van der Waals surface area contributed by atoms with Gasteiger partial charge in [0.05, 0.1) is 25.4 Å². The van der Waals surface area contributed by atoms with Gasteiger partial charge in [-0.15, -0.1) is 0 Å². The number of ether oxygens (including phenoxy) is 2. The highest BCUT2D eigenvalue weighted by Crippen LogP contribution is 2.42. The van der Waals surface area contributed by atoms with Gasteiger partial charge in [0.1, 0.15) is 0 Å². The van der Waals surface area contributed by atoms with Crippen LogP contribution in [0.2, 0.25) is 0 Å². The monoisotopic (exact) mass is 288 g/mol. The first-order valence-corrected chi connectivity index (χ1v) is 8.17. The molecule has 4 nitrogen and oxygen atoms in total. The van der Waals surface area contributed by atoms with Crippen LogP contribution in [0.5, 0.6) is 0 Å². The Kier molecular flexibility index (Phi) is 3.95. The number of nitrogens with zero attached hydrogens (tertiary/aromatic N) is 2. The van der Waals surface area contributed by atoms with Gasteiger partial charge >= 0.3 is 0 Å². The molecule has 2 saturated heterocycles. The molecule has 2 atom stereocenters. The SMILES string of the molecule is c1ccc2c(c1)C1CN(CCCN3CCOCC3)CC2O1. The maximum atomic E-state index is 6.13. The smallest absolute Gasteiger partial charge is 0.0964 e. The average molecular weight is 288 g/mol. The molecular weight excluding hydrogens is 264 g/mol. The van der Waals surface area contributed by atoms with Crippen LogP contribution in [0.25, 0.3) is 0 Å². The van der Waals surface area contributed by atoms with E-state index in [1.165, 1.54) is 30.6 Å². The maximum Gasteiger partial charge on any atom is 0.0964 e. The summed E-state index contributed by atoms with van der Waals surface area (Å²) in [6, 6.07) is 8.73. The largest absolute Gasteiger partial charge is 0.379 e. The molecule has 2 fully saturated rings. The van der Waals surface area contributed by atoms with Gasteiger partial charge in [-0.05, 0) is 30.6 Å². The first-order chi connectivity index (χ1) is 10.4. The van der Waals surface area contributed by atoms with Crippen molar-refractivity contribution in [2.24, 2.45) is 0 Å². The molecule has 2 unspecified atom stereocenters. The number of fused-ring (bicyclic) bond motifs is 5. The molecule has 3 aliphatic heterocycles. The Labute approximate surface area is 126 Å². The summed E-state index contributed by atoms with van der Waals surface area (Å²) in [7, 11) is 0. The second-order valence-electron chi connectivity index (χ2n) is 6.31. The summed E-state index contributed by atoms with van der Waals surface area (Å²) in [6.45, 7) is 8.48. The highest BCUT2D eigenvalue weighted by atomic mass is 16.5. The minimum absolute atomic E-state index is 0.295. The average Bonchev–Trinajstić information content (AvgIpc) is 2.80. The molecule has 1 aromatic carbocycles. The van der Waals surface area contributed by atoms with Crippen LogP contribution in [0.4, 0.5) is 0 Å². The molecule has 0 radical (unpaired) electrons. The third kappa shape index (κ3) is 2.86. The van der Waals surface area contributed by atoms with E-state index in [2.05, 4.69) is 34.1 Å². The Bertz CT molecular complexity index is 456. The van der Waals surface area contributed by atoms with Crippen molar-refractivity contribution >= 4 is 0 Å². The molecule has 3 heterocycles. The fraction of sp³-hybridized carbons (Fsp3) is 0.647. The first kappa shape index (κ1) is 13.7. The molecule has 0 aromatic heterocycles. The minimum Gasteiger partial charge on any atom is -0.379 e. The lowest BCUT2D eigenvalue weighted by Crippen LogP contribution is -2.40. The van der Waals surface area contributed by atoms with E-state index in [1.54, 1.807) is 0 Å². The third-order valence-electron chi connectivity index (χ3n) is 4.92. The van der Waals surface area contributed by atoms with Gasteiger partial charge in [0.15, 0.2) is 0 Å². The second-order valence-corrected chi connectivity index (χ2v) is 6.31. The summed E-state index contributed by atoms with van der Waals surface area (Å²) in [5.41, 5.74) is 2.83. The van der Waals surface area contributed by atoms with E-state index >= 15 is 0 Å². The van der Waals surface area contributed by atoms with Gasteiger partial charge < -0.3 is 9.47 Å². The zero-order valence-corrected chi connectivity index (χ0v) is 12.5. The quantitative estimate of drug-likeness (QED) is 0.844. The highest BCUT2D eigenvalue weighted by molar-refractivity contribution is 5.36. The lowest BCUT2D eigenvalue weighted by atomic mass is 10.0. The van der Waals surface area contributed by atoms with E-state index in [9.17, 15) is 0 Å². The van der Waals surface area contributed by atoms with E-state index in [4.69, 9.17) is 9.47 Å². The Morgan fingerprint density at radius 3 is 2.19 bits per heavy atom. The van der Waals surface area contributed by atoms with Crippen LogP contribution in [0, 0.1) is 0 Å². The molecule has 4 heteroatoms. The normalized spacial score (nSPS) is 29.5. The maximum absolute atomic E-state index is 6.13. The Morgan fingerprint density at radius 1 is 0.905 bits per heavy atom. The highest BCUT2D eigenvalue weighted by Gasteiger charge is 2.37. The molecule has 0 spiro atoms. The van der Waals surface area contributed by atoms with Crippen molar-refractivity contribution in [2.45, 2.75) is 18.6 Å². The van der Waals surface area contributed by atoms with Gasteiger partial charge in [0.25, 0.3) is 0 Å². The molecule has 1 aromatic rings. The molecule has 0 saturated carbocycles. The van der Waals surface area contributed by atoms with E-state index in [-0.39, 0.29) is 0 Å². The van der Waals surface area contributed by atoms with Crippen molar-refractivity contribution < 1.29 is 9.47 Å². The predicted molar refractivity (Wildman–Crippen MR) is 81.3 cm³/mol. The summed E-state index contributed by atoms with van der Waals surface area (Å²) in [5.74, 6) is 0. The second kappa shape index (κ2) is 6.05. The molecule has 0 aliphatic carbocycles. The van der Waals surface area contributed by atoms with E-state index in [0.29, 0.717) is 12.2 Å². The molecule has 114 valence electrons. The van der Waals surface area contributed by atoms with Crippen LogP contribution >= 0.6 is 0 Å². The number of hydrogen-bond acceptors (Lipinski definition) is 4. The van der Waals surface area contributed by atoms with Crippen LogP contribution in [-0.2, 0) is 9.47 Å².